The highest BCUT2D eigenvalue weighted by Crippen LogP contribution is 2.22. The lowest BCUT2D eigenvalue weighted by molar-refractivity contribution is 0.0939. The summed E-state index contributed by atoms with van der Waals surface area (Å²) in [6.45, 7) is 1.92. The average Bonchev–Trinajstić information content (AvgIpc) is 2.39. The molecule has 1 atom stereocenters. The molecule has 0 saturated carbocycles. The van der Waals surface area contributed by atoms with E-state index in [0.717, 1.165) is 5.56 Å². The van der Waals surface area contributed by atoms with Gasteiger partial charge in [0, 0.05) is 21.9 Å². The molecule has 0 aliphatic carbocycles. The Labute approximate surface area is 125 Å². The Hall–Kier alpha value is -1.39. The molecule has 0 unspecified atom stereocenters. The zero-order valence-corrected chi connectivity index (χ0v) is 12.6. The lowest BCUT2D eigenvalue weighted by Crippen LogP contribution is -2.27. The first-order chi connectivity index (χ1) is 9.08. The number of aromatic nitrogens is 1. The molecule has 1 amide bonds. The van der Waals surface area contributed by atoms with Crippen LogP contribution in [0.3, 0.4) is 0 Å². The van der Waals surface area contributed by atoms with Gasteiger partial charge in [-0.05, 0) is 52.7 Å². The molecule has 5 heteroatoms. The van der Waals surface area contributed by atoms with Crippen LogP contribution in [0.1, 0.15) is 28.9 Å². The maximum atomic E-state index is 12.2. The number of benzene rings is 1. The second kappa shape index (κ2) is 6.17. The Balaban J connectivity index is 2.13. The van der Waals surface area contributed by atoms with E-state index in [1.54, 1.807) is 30.6 Å². The predicted molar refractivity (Wildman–Crippen MR) is 79.3 cm³/mol. The lowest BCUT2D eigenvalue weighted by Gasteiger charge is -2.14. The van der Waals surface area contributed by atoms with Gasteiger partial charge < -0.3 is 5.32 Å². The molecule has 19 heavy (non-hydrogen) atoms. The van der Waals surface area contributed by atoms with E-state index in [1.165, 1.54) is 0 Å². The Kier molecular flexibility index (Phi) is 4.56. The van der Waals surface area contributed by atoms with E-state index in [0.29, 0.717) is 15.1 Å². The molecule has 0 radical (unpaired) electrons. The number of pyridine rings is 1. The zero-order chi connectivity index (χ0) is 13.8. The summed E-state index contributed by atoms with van der Waals surface area (Å²) in [5, 5.41) is 3.51. The predicted octanol–water partition coefficient (Wildman–Crippen LogP) is 3.99. The van der Waals surface area contributed by atoms with Gasteiger partial charge in [0.2, 0.25) is 0 Å². The second-order valence-electron chi connectivity index (χ2n) is 4.11. The number of nitrogens with one attached hydrogen (secondary N) is 1. The third kappa shape index (κ3) is 3.55. The normalized spacial score (nSPS) is 11.9. The fourth-order valence-corrected chi connectivity index (χ4v) is 2.53. The highest BCUT2D eigenvalue weighted by atomic mass is 79.9. The number of amides is 1. The van der Waals surface area contributed by atoms with Crippen LogP contribution in [0, 0.1) is 0 Å². The van der Waals surface area contributed by atoms with Crippen LogP contribution in [0.2, 0.25) is 5.02 Å². The van der Waals surface area contributed by atoms with E-state index in [2.05, 4.69) is 26.2 Å². The van der Waals surface area contributed by atoms with Crippen molar-refractivity contribution in [3.8, 4) is 0 Å². The van der Waals surface area contributed by atoms with Crippen LogP contribution in [0.5, 0.6) is 0 Å². The number of carbonyl (C=O) groups excluding carboxylic acids is 1. The summed E-state index contributed by atoms with van der Waals surface area (Å²) < 4.78 is 0.677. The van der Waals surface area contributed by atoms with Crippen LogP contribution in [-0.4, -0.2) is 10.9 Å². The van der Waals surface area contributed by atoms with Crippen molar-refractivity contribution in [1.29, 1.82) is 0 Å². The van der Waals surface area contributed by atoms with Crippen molar-refractivity contribution < 1.29 is 4.79 Å². The molecule has 2 rings (SSSR count). The molecule has 0 bridgehead atoms. The molecule has 1 heterocycles. The molecular weight excluding hydrogens is 328 g/mol. The molecule has 0 spiro atoms. The highest BCUT2D eigenvalue weighted by molar-refractivity contribution is 9.10. The molecule has 0 fully saturated rings. The first kappa shape index (κ1) is 14.0. The quantitative estimate of drug-likeness (QED) is 0.918. The largest absolute Gasteiger partial charge is 0.345 e. The first-order valence-electron chi connectivity index (χ1n) is 5.74. The molecule has 1 N–H and O–H groups in total. The number of halogens is 2. The zero-order valence-electron chi connectivity index (χ0n) is 10.2. The monoisotopic (exact) mass is 338 g/mol. The maximum Gasteiger partial charge on any atom is 0.252 e. The Morgan fingerprint density at radius 2 is 2.21 bits per heavy atom. The minimum absolute atomic E-state index is 0.108. The highest BCUT2D eigenvalue weighted by Gasteiger charge is 2.14. The molecule has 98 valence electrons. The SMILES string of the molecule is C[C@H](NC(=O)c1ccc(Cl)cc1Br)c1cccnc1. The molecule has 0 aliphatic heterocycles. The van der Waals surface area contributed by atoms with E-state index in [4.69, 9.17) is 11.6 Å². The summed E-state index contributed by atoms with van der Waals surface area (Å²) in [6, 6.07) is 8.74. The van der Waals surface area contributed by atoms with Gasteiger partial charge in [0.1, 0.15) is 0 Å². The van der Waals surface area contributed by atoms with E-state index < -0.39 is 0 Å². The smallest absolute Gasteiger partial charge is 0.252 e. The molecule has 2 aromatic rings. The summed E-state index contributed by atoms with van der Waals surface area (Å²) in [5.41, 5.74) is 1.51. The molecule has 1 aromatic heterocycles. The van der Waals surface area contributed by atoms with Crippen molar-refractivity contribution in [2.24, 2.45) is 0 Å². The lowest BCUT2D eigenvalue weighted by atomic mass is 10.1. The standard InChI is InChI=1S/C14H12BrClN2O/c1-9(10-3-2-6-17-8-10)18-14(19)12-5-4-11(16)7-13(12)15/h2-9H,1H3,(H,18,19)/t9-/m0/s1. The topological polar surface area (TPSA) is 42.0 Å². The summed E-state index contributed by atoms with van der Waals surface area (Å²) in [4.78, 5) is 16.2. The van der Waals surface area contributed by atoms with Crippen molar-refractivity contribution >= 4 is 33.4 Å². The fourth-order valence-electron chi connectivity index (χ4n) is 1.66. The Morgan fingerprint density at radius 3 is 2.84 bits per heavy atom. The van der Waals surface area contributed by atoms with Gasteiger partial charge in [-0.3, -0.25) is 9.78 Å². The van der Waals surface area contributed by atoms with Gasteiger partial charge in [-0.15, -0.1) is 0 Å². The van der Waals surface area contributed by atoms with Crippen LogP contribution >= 0.6 is 27.5 Å². The van der Waals surface area contributed by atoms with Crippen molar-refractivity contribution in [1.82, 2.24) is 10.3 Å². The molecule has 3 nitrogen and oxygen atoms in total. The van der Waals surface area contributed by atoms with E-state index >= 15 is 0 Å². The number of hydrogen-bond donors (Lipinski definition) is 1. The van der Waals surface area contributed by atoms with Gasteiger partial charge in [0.25, 0.3) is 5.91 Å². The van der Waals surface area contributed by atoms with Crippen molar-refractivity contribution in [3.05, 3.63) is 63.3 Å². The summed E-state index contributed by atoms with van der Waals surface area (Å²) in [6.07, 6.45) is 3.44. The number of hydrogen-bond acceptors (Lipinski definition) is 2. The second-order valence-corrected chi connectivity index (χ2v) is 5.40. The van der Waals surface area contributed by atoms with Crippen molar-refractivity contribution in [2.45, 2.75) is 13.0 Å². The van der Waals surface area contributed by atoms with Gasteiger partial charge in [0.05, 0.1) is 11.6 Å². The Morgan fingerprint density at radius 1 is 1.42 bits per heavy atom. The van der Waals surface area contributed by atoms with Crippen LogP contribution < -0.4 is 5.32 Å². The van der Waals surface area contributed by atoms with Crippen molar-refractivity contribution in [2.75, 3.05) is 0 Å². The van der Waals surface area contributed by atoms with Crippen molar-refractivity contribution in [3.63, 3.8) is 0 Å². The van der Waals surface area contributed by atoms with E-state index in [-0.39, 0.29) is 11.9 Å². The van der Waals surface area contributed by atoms with Gasteiger partial charge in [-0.1, -0.05) is 17.7 Å². The Bertz CT molecular complexity index is 589. The van der Waals surface area contributed by atoms with Crippen LogP contribution in [0.25, 0.3) is 0 Å². The first-order valence-corrected chi connectivity index (χ1v) is 6.91. The minimum Gasteiger partial charge on any atom is -0.345 e. The third-order valence-electron chi connectivity index (χ3n) is 2.71. The van der Waals surface area contributed by atoms with Gasteiger partial charge >= 0.3 is 0 Å². The molecule has 0 saturated heterocycles. The number of rotatable bonds is 3. The average molecular weight is 340 g/mol. The summed E-state index contributed by atoms with van der Waals surface area (Å²) in [5.74, 6) is -0.153. The minimum atomic E-state index is -0.153. The molecular formula is C14H12BrClN2O. The third-order valence-corrected chi connectivity index (χ3v) is 3.60. The maximum absolute atomic E-state index is 12.2. The van der Waals surface area contributed by atoms with Crippen LogP contribution in [-0.2, 0) is 0 Å². The number of nitrogens with zero attached hydrogens (tertiary/aromatic N) is 1. The fraction of sp³-hybridized carbons (Fsp3) is 0.143. The van der Waals surface area contributed by atoms with Crippen LogP contribution in [0.4, 0.5) is 0 Å². The van der Waals surface area contributed by atoms with Gasteiger partial charge in [-0.2, -0.15) is 0 Å². The van der Waals surface area contributed by atoms with Gasteiger partial charge in [0.15, 0.2) is 0 Å². The molecule has 1 aromatic carbocycles. The summed E-state index contributed by atoms with van der Waals surface area (Å²) >= 11 is 9.19. The van der Waals surface area contributed by atoms with Gasteiger partial charge in [-0.25, -0.2) is 0 Å². The van der Waals surface area contributed by atoms with Crippen LogP contribution in [0.15, 0.2) is 47.2 Å². The molecule has 0 aliphatic rings. The van der Waals surface area contributed by atoms with E-state index in [1.807, 2.05) is 19.1 Å². The number of carbonyl (C=O) groups is 1. The van der Waals surface area contributed by atoms with E-state index in [9.17, 15) is 4.79 Å². The summed E-state index contributed by atoms with van der Waals surface area (Å²) in [7, 11) is 0.